The molecule has 2 heterocycles. The SMILES string of the molecule is CN1C=CC(=C2C=C(c3cc[n+](C)cc3)C(c3ccccc3)=C2c2ccccc2)C=C1. The predicted molar refractivity (Wildman–Crippen MR) is 128 cm³/mol. The van der Waals surface area contributed by atoms with Gasteiger partial charge in [-0.15, -0.1) is 0 Å². The molecule has 0 saturated carbocycles. The second-order valence-electron chi connectivity index (χ2n) is 7.96. The molecule has 0 unspecified atom stereocenters. The van der Waals surface area contributed by atoms with Crippen LogP contribution in [0.25, 0.3) is 16.7 Å². The van der Waals surface area contributed by atoms with Crippen LogP contribution >= 0.6 is 0 Å². The Kier molecular flexibility index (Phi) is 4.97. The molecule has 2 nitrogen and oxygen atoms in total. The highest BCUT2D eigenvalue weighted by atomic mass is 15.0. The fraction of sp³-hybridized carbons (Fsp3) is 0.0690. The van der Waals surface area contributed by atoms with E-state index in [0.29, 0.717) is 0 Å². The molecule has 1 aliphatic carbocycles. The molecule has 0 amide bonds. The van der Waals surface area contributed by atoms with E-state index in [1.165, 1.54) is 44.6 Å². The molecule has 0 atom stereocenters. The summed E-state index contributed by atoms with van der Waals surface area (Å²) in [6.45, 7) is 0. The molecule has 0 saturated heterocycles. The van der Waals surface area contributed by atoms with E-state index in [-0.39, 0.29) is 0 Å². The second kappa shape index (κ2) is 8.08. The Balaban J connectivity index is 1.83. The second-order valence-corrected chi connectivity index (χ2v) is 7.96. The van der Waals surface area contributed by atoms with Crippen LogP contribution < -0.4 is 4.57 Å². The van der Waals surface area contributed by atoms with E-state index >= 15 is 0 Å². The van der Waals surface area contributed by atoms with Crippen LogP contribution in [0.1, 0.15) is 16.7 Å². The number of rotatable bonds is 3. The first kappa shape index (κ1) is 19.1. The summed E-state index contributed by atoms with van der Waals surface area (Å²) < 4.78 is 2.07. The van der Waals surface area contributed by atoms with Crippen LogP contribution in [0, 0.1) is 0 Å². The third-order valence-corrected chi connectivity index (χ3v) is 5.78. The van der Waals surface area contributed by atoms with Gasteiger partial charge in [0.15, 0.2) is 12.4 Å². The summed E-state index contributed by atoms with van der Waals surface area (Å²) in [5.74, 6) is 0. The number of nitrogens with zero attached hydrogens (tertiary/aromatic N) is 2. The van der Waals surface area contributed by atoms with Crippen LogP contribution in [0.3, 0.4) is 0 Å². The zero-order valence-electron chi connectivity index (χ0n) is 17.9. The summed E-state index contributed by atoms with van der Waals surface area (Å²) >= 11 is 0. The van der Waals surface area contributed by atoms with Crippen molar-refractivity contribution in [3.8, 4) is 0 Å². The van der Waals surface area contributed by atoms with Gasteiger partial charge in [0.05, 0.1) is 0 Å². The van der Waals surface area contributed by atoms with Crippen LogP contribution in [-0.2, 0) is 7.05 Å². The molecule has 0 radical (unpaired) electrons. The van der Waals surface area contributed by atoms with E-state index in [2.05, 4.69) is 139 Å². The number of aromatic nitrogens is 1. The molecule has 150 valence electrons. The average molecular weight is 402 g/mol. The fourth-order valence-corrected chi connectivity index (χ4v) is 4.18. The van der Waals surface area contributed by atoms with Gasteiger partial charge in [0, 0.05) is 31.6 Å². The normalized spacial score (nSPS) is 15.7. The van der Waals surface area contributed by atoms with Gasteiger partial charge in [-0.05, 0) is 62.8 Å². The lowest BCUT2D eigenvalue weighted by Gasteiger charge is -2.17. The van der Waals surface area contributed by atoms with E-state index in [1.54, 1.807) is 0 Å². The Morgan fingerprint density at radius 2 is 1.19 bits per heavy atom. The van der Waals surface area contributed by atoms with Gasteiger partial charge in [-0.2, -0.15) is 0 Å². The summed E-state index contributed by atoms with van der Waals surface area (Å²) in [6, 6.07) is 25.9. The molecular formula is C29H25N2+. The van der Waals surface area contributed by atoms with E-state index < -0.39 is 0 Å². The molecule has 31 heavy (non-hydrogen) atoms. The molecule has 0 bridgehead atoms. The molecule has 1 aliphatic heterocycles. The van der Waals surface area contributed by atoms with Crippen LogP contribution in [0.5, 0.6) is 0 Å². The van der Waals surface area contributed by atoms with Crippen LogP contribution in [0.15, 0.2) is 127 Å². The lowest BCUT2D eigenvalue weighted by Crippen LogP contribution is -2.25. The van der Waals surface area contributed by atoms with E-state index in [1.807, 2.05) is 0 Å². The maximum absolute atomic E-state index is 2.36. The van der Waals surface area contributed by atoms with Crippen LogP contribution in [0.4, 0.5) is 0 Å². The highest BCUT2D eigenvalue weighted by Crippen LogP contribution is 2.48. The van der Waals surface area contributed by atoms with Crippen molar-refractivity contribution in [2.45, 2.75) is 0 Å². The van der Waals surface area contributed by atoms with E-state index in [9.17, 15) is 0 Å². The van der Waals surface area contributed by atoms with Crippen molar-refractivity contribution >= 4 is 16.7 Å². The first-order chi connectivity index (χ1) is 15.2. The zero-order valence-corrected chi connectivity index (χ0v) is 17.9. The Morgan fingerprint density at radius 3 is 1.77 bits per heavy atom. The van der Waals surface area contributed by atoms with Gasteiger partial charge in [-0.1, -0.05) is 60.7 Å². The molecule has 3 aromatic rings. The molecule has 2 aliphatic rings. The van der Waals surface area contributed by atoms with Gasteiger partial charge in [0.1, 0.15) is 7.05 Å². The maximum Gasteiger partial charge on any atom is 0.169 e. The van der Waals surface area contributed by atoms with Crippen molar-refractivity contribution in [3.63, 3.8) is 0 Å². The van der Waals surface area contributed by atoms with Gasteiger partial charge in [-0.25, -0.2) is 4.57 Å². The lowest BCUT2D eigenvalue weighted by molar-refractivity contribution is -0.671. The molecule has 2 heteroatoms. The molecule has 5 rings (SSSR count). The van der Waals surface area contributed by atoms with Gasteiger partial charge in [0.2, 0.25) is 0 Å². The third-order valence-electron chi connectivity index (χ3n) is 5.78. The largest absolute Gasteiger partial charge is 0.357 e. The van der Waals surface area contributed by atoms with Gasteiger partial charge >= 0.3 is 0 Å². The maximum atomic E-state index is 2.36. The molecule has 2 aromatic carbocycles. The summed E-state index contributed by atoms with van der Waals surface area (Å²) in [6.07, 6.45) is 15.2. The van der Waals surface area contributed by atoms with Crippen molar-refractivity contribution < 1.29 is 4.57 Å². The predicted octanol–water partition coefficient (Wildman–Crippen LogP) is 5.79. The average Bonchev–Trinajstić information content (AvgIpc) is 3.22. The number of pyridine rings is 1. The van der Waals surface area contributed by atoms with Gasteiger partial charge < -0.3 is 4.90 Å². The standard InChI is InChI=1S/C29H25N2/c1-30-17-13-22(14-18-30)26-21-27(23-15-19-31(2)20-16-23)29(25-11-7-4-8-12-25)28(26)24-9-5-3-6-10-24/h3-21H,1-2H3/q+1. The smallest absolute Gasteiger partial charge is 0.169 e. The summed E-state index contributed by atoms with van der Waals surface area (Å²) in [5, 5.41) is 0. The Labute approximate surface area is 184 Å². The lowest BCUT2D eigenvalue weighted by atomic mass is 9.89. The van der Waals surface area contributed by atoms with Crippen molar-refractivity contribution in [2.24, 2.45) is 7.05 Å². The summed E-state index contributed by atoms with van der Waals surface area (Å²) in [4.78, 5) is 2.07. The number of hydrogen-bond acceptors (Lipinski definition) is 1. The van der Waals surface area contributed by atoms with Crippen molar-refractivity contribution in [1.29, 1.82) is 0 Å². The van der Waals surface area contributed by atoms with Gasteiger partial charge in [0.25, 0.3) is 0 Å². The van der Waals surface area contributed by atoms with Crippen molar-refractivity contribution in [2.75, 3.05) is 7.05 Å². The number of hydrogen-bond donors (Lipinski definition) is 0. The zero-order chi connectivity index (χ0) is 21.2. The van der Waals surface area contributed by atoms with E-state index in [0.717, 1.165) is 0 Å². The third kappa shape index (κ3) is 3.69. The molecule has 0 N–H and O–H groups in total. The monoisotopic (exact) mass is 401 g/mol. The molecule has 0 fully saturated rings. The van der Waals surface area contributed by atoms with E-state index in [4.69, 9.17) is 0 Å². The number of benzene rings is 2. The summed E-state index contributed by atoms with van der Waals surface area (Å²) in [7, 11) is 4.11. The molecular weight excluding hydrogens is 376 g/mol. The highest BCUT2D eigenvalue weighted by molar-refractivity contribution is 6.23. The van der Waals surface area contributed by atoms with Crippen LogP contribution in [0.2, 0.25) is 0 Å². The quantitative estimate of drug-likeness (QED) is 0.504. The highest BCUT2D eigenvalue weighted by Gasteiger charge is 2.27. The van der Waals surface area contributed by atoms with Gasteiger partial charge in [-0.3, -0.25) is 0 Å². The minimum atomic E-state index is 1.22. The first-order valence-corrected chi connectivity index (χ1v) is 10.6. The van der Waals surface area contributed by atoms with Crippen LogP contribution in [-0.4, -0.2) is 11.9 Å². The number of allylic oxidation sites excluding steroid dienone is 8. The number of aryl methyl sites for hydroxylation is 1. The Bertz CT molecular complexity index is 1240. The first-order valence-electron chi connectivity index (χ1n) is 10.6. The topological polar surface area (TPSA) is 7.12 Å². The molecule has 0 spiro atoms. The minimum Gasteiger partial charge on any atom is -0.357 e. The van der Waals surface area contributed by atoms with Crippen molar-refractivity contribution in [1.82, 2.24) is 4.90 Å². The Morgan fingerprint density at radius 1 is 0.645 bits per heavy atom. The minimum absolute atomic E-state index is 1.22. The summed E-state index contributed by atoms with van der Waals surface area (Å²) in [5.41, 5.74) is 9.99. The van der Waals surface area contributed by atoms with Crippen molar-refractivity contribution in [3.05, 3.63) is 144 Å². The molecule has 1 aromatic heterocycles. The fourth-order valence-electron chi connectivity index (χ4n) is 4.18. The Hall–Kier alpha value is -3.91.